The Hall–Kier alpha value is -5.02. The molecule has 0 saturated carbocycles. The van der Waals surface area contributed by atoms with Crippen molar-refractivity contribution in [1.29, 1.82) is 0 Å². The molecule has 10 aromatic rings. The zero-order valence-electron chi connectivity index (χ0n) is 77.0. The topological polar surface area (TPSA) is 48.6 Å². The van der Waals surface area contributed by atoms with Crippen LogP contribution in [0.4, 0.5) is 56.9 Å². The number of rotatable bonds is 25. The summed E-state index contributed by atoms with van der Waals surface area (Å²) in [5.74, 6) is 0. The first-order valence-electron chi connectivity index (χ1n) is 45.0. The van der Waals surface area contributed by atoms with Gasteiger partial charge in [-0.2, -0.15) is 121 Å². The van der Waals surface area contributed by atoms with Crippen LogP contribution in [0.15, 0.2) is 273 Å². The summed E-state index contributed by atoms with van der Waals surface area (Å²) in [6.45, 7) is 45.6. The Morgan fingerprint density at radius 1 is 0.222 bits per heavy atom. The van der Waals surface area contributed by atoms with E-state index in [2.05, 4.69) is 421 Å². The van der Waals surface area contributed by atoms with Crippen molar-refractivity contribution in [3.8, 4) is 0 Å². The Bertz CT molecular complexity index is 4260. The maximum atomic E-state index is 3.45. The molecular weight excluding hydrogens is 2510 g/mol. The predicted molar refractivity (Wildman–Crippen MR) is 548 cm³/mol. The van der Waals surface area contributed by atoms with E-state index < -0.39 is 0 Å². The maximum Gasteiger partial charge on any atom is 0.322 e. The predicted octanol–water partition coefficient (Wildman–Crippen LogP) is 17.5. The molecule has 0 amide bonds. The summed E-state index contributed by atoms with van der Waals surface area (Å²) >= 11 is 0. The molecule has 5 aliphatic rings. The third-order valence-corrected chi connectivity index (χ3v) is 33.9. The van der Waals surface area contributed by atoms with E-state index in [0.29, 0.717) is 75.9 Å². The van der Waals surface area contributed by atoms with Crippen LogP contribution in [0.5, 0.6) is 0 Å². The molecule has 0 aromatic heterocycles. The molecule has 666 valence electrons. The van der Waals surface area contributed by atoms with E-state index in [1.807, 2.05) is 60.7 Å². The van der Waals surface area contributed by atoms with Gasteiger partial charge in [0.15, 0.2) is 0 Å². The molecule has 15 rings (SSSR count). The Morgan fingerprint density at radius 3 is 0.651 bits per heavy atom. The van der Waals surface area contributed by atoms with Crippen LogP contribution < -0.4 is 44.8 Å². The maximum absolute atomic E-state index is 3.45. The molecule has 0 N–H and O–H groups in total. The molecule has 5 saturated heterocycles. The molecule has 10 aromatic carbocycles. The second kappa shape index (κ2) is 57.4. The van der Waals surface area contributed by atoms with Crippen LogP contribution in [0.3, 0.4) is 0 Å². The first-order chi connectivity index (χ1) is 59.0. The summed E-state index contributed by atoms with van der Waals surface area (Å²) in [5, 5.41) is 0. The number of para-hydroxylation sites is 10. The van der Waals surface area contributed by atoms with Crippen molar-refractivity contribution >= 4 is 176 Å². The van der Waals surface area contributed by atoms with Gasteiger partial charge in [0.2, 0.25) is 0 Å². The van der Waals surface area contributed by atoms with Gasteiger partial charge in [-0.3, -0.25) is 0 Å². The summed E-state index contributed by atoms with van der Waals surface area (Å²) in [5.41, 5.74) is 12.6. The molecule has 0 spiro atoms. The van der Waals surface area contributed by atoms with Crippen molar-refractivity contribution < 1.29 is 101 Å². The van der Waals surface area contributed by atoms with Gasteiger partial charge < -0.3 is 68.4 Å². The van der Waals surface area contributed by atoms with Gasteiger partial charge in [-0.25, -0.2) is 0 Å². The zero-order chi connectivity index (χ0) is 85.6. The van der Waals surface area contributed by atoms with Gasteiger partial charge in [0, 0.05) is 129 Å². The monoisotopic (exact) mass is 2640 g/mol. The van der Waals surface area contributed by atoms with Crippen LogP contribution in [0.1, 0.15) is 106 Å². The second-order valence-corrected chi connectivity index (χ2v) is 39.2. The van der Waals surface area contributed by atoms with Crippen LogP contribution in [0.2, 0.25) is 68.2 Å². The SMILES string of the molecule is CB1N(c2[c-]cccc2)[SiH]N(c2ccccc2)B(C)N1C(C)C.CCCCCCN1B(C)N(c2[c-]cccc2)[SiH]N(c2ccccc2)B1C.CCCCCN1B(C)N(c2[c-]cccc2)[SiH]N(c2ccccc2)B1C.CCCCN1B(C)N(c2[c-]cccc2)[SiH]N(c2ccccc2)B1C.CCCN1B(C)N(c2[c-]cccc2)[SiH]N(c2ccccc2)B1C.[Ir].[Ir].[Ir].[Ir].[Ir]. The van der Waals surface area contributed by atoms with Crippen molar-refractivity contribution in [3.63, 3.8) is 0 Å². The third-order valence-electron chi connectivity index (χ3n) is 24.2. The van der Waals surface area contributed by atoms with Gasteiger partial charge in [0.25, 0.3) is 49.2 Å². The number of hydrogen-bond acceptors (Lipinski definition) is 15. The number of nitrogens with zero attached hydrogens (tertiary/aromatic N) is 15. The minimum absolute atomic E-state index is 0. The van der Waals surface area contributed by atoms with Gasteiger partial charge >= 0.3 is 69.8 Å². The Kier molecular flexibility index (Phi) is 50.0. The Balaban J connectivity index is 0.000000241. The Labute approximate surface area is 845 Å². The summed E-state index contributed by atoms with van der Waals surface area (Å²) in [6.07, 6.45) is 12.7. The van der Waals surface area contributed by atoms with Crippen molar-refractivity contribution in [3.05, 3.63) is 303 Å². The summed E-state index contributed by atoms with van der Waals surface area (Å²) in [4.78, 5) is 0. The van der Waals surface area contributed by atoms with E-state index in [1.165, 1.54) is 121 Å². The number of unbranched alkanes of at least 4 members (excludes halogenated alkanes) is 6. The molecule has 5 heterocycles. The minimum atomic E-state index is -0.0266. The standard InChI is InChI=1S/C20H29B2N3Si.C19H27B2N3Si.C18H25B2N3Si.2C17H23B2N3Si.5Ir/c1-4-5-6-13-18-23-21(2)24(19-14-9-7-10-15-19)26-25(22(23)3)20-16-11-8-12-17-20;1-4-5-12-17-22-20(2)23(18-13-8-6-9-14-18)25-24(21(22)3)19-15-10-7-11-16-19;1-4-5-16-21-19(2)22(17-12-8-6-9-13-17)24-23(20(21)3)18-14-10-7-11-15-18;1-15(2)20-18(3)21(16-11-7-5-8-12-16)23-22(19(20)4)17-13-9-6-10-14-17;1-4-15-20-18(2)21(16-11-7-5-8-12-16)23-22(19(20)3)17-13-9-6-10-14-17;;;;;/h7-12,14-16,26H,4-6,13,18H2,1-3H3;6-11,13-15,25H,4-5,12,17H2,1-3H3;6-14,24H,4-5,16H2,1-3H3;5-13,15,23H,1-4H3;5-13,23H,4,15H2,1-3H3;;;;;/q5*-1;;;;;. The van der Waals surface area contributed by atoms with E-state index in [4.69, 9.17) is 0 Å². The van der Waals surface area contributed by atoms with Crippen LogP contribution in [0, 0.1) is 30.3 Å². The van der Waals surface area contributed by atoms with Gasteiger partial charge in [-0.1, -0.05) is 268 Å². The first kappa shape index (κ1) is 110. The van der Waals surface area contributed by atoms with Crippen LogP contribution in [-0.4, -0.2) is 175 Å². The molecule has 0 unspecified atom stereocenters. The fraction of sp³-hybridized carbons (Fsp3) is 0.341. The largest absolute Gasteiger partial charge is 0.437 e. The van der Waals surface area contributed by atoms with E-state index in [-0.39, 0.29) is 150 Å². The molecule has 0 bridgehead atoms. The second-order valence-electron chi connectivity index (χ2n) is 32.5. The van der Waals surface area contributed by atoms with Crippen LogP contribution in [-0.2, 0) is 101 Å². The summed E-state index contributed by atoms with van der Waals surface area (Å²) in [6, 6.07) is 113. The van der Waals surface area contributed by atoms with Crippen molar-refractivity contribution in [2.24, 2.45) is 0 Å². The average molecular weight is 2640 g/mol. The van der Waals surface area contributed by atoms with Crippen molar-refractivity contribution in [1.82, 2.24) is 23.6 Å². The quantitative estimate of drug-likeness (QED) is 0.0310. The van der Waals surface area contributed by atoms with E-state index in [9.17, 15) is 0 Å². The molecule has 10 radical (unpaired) electrons. The Morgan fingerprint density at radius 2 is 0.421 bits per heavy atom. The summed E-state index contributed by atoms with van der Waals surface area (Å²) in [7, 11) is -0.0950. The molecule has 35 heteroatoms. The van der Waals surface area contributed by atoms with Crippen LogP contribution in [0.25, 0.3) is 0 Å². The number of anilines is 10. The fourth-order valence-electron chi connectivity index (χ4n) is 17.4. The third kappa shape index (κ3) is 29.5. The minimum Gasteiger partial charge on any atom is -0.437 e. The average Bonchev–Trinajstić information content (AvgIpc) is 0.932. The molecule has 5 fully saturated rings. The van der Waals surface area contributed by atoms with E-state index in [1.54, 1.807) is 0 Å². The van der Waals surface area contributed by atoms with Gasteiger partial charge in [0.05, 0.1) is 0 Å². The molecule has 126 heavy (non-hydrogen) atoms. The normalized spacial score (nSPS) is 15.3. The van der Waals surface area contributed by atoms with Crippen LogP contribution >= 0.6 is 0 Å². The molecule has 0 aliphatic carbocycles. The van der Waals surface area contributed by atoms with E-state index in [0.717, 1.165) is 26.2 Å². The van der Waals surface area contributed by atoms with E-state index >= 15 is 0 Å². The van der Waals surface area contributed by atoms with Crippen molar-refractivity contribution in [2.45, 2.75) is 180 Å². The number of benzene rings is 10. The zero-order valence-corrected chi connectivity index (χ0v) is 94.7. The first-order valence-corrected chi connectivity index (χ1v) is 50.1. The van der Waals surface area contributed by atoms with Crippen molar-refractivity contribution in [2.75, 3.05) is 70.9 Å². The number of hydrogen-bond donors (Lipinski definition) is 0. The smallest absolute Gasteiger partial charge is 0.322 e. The molecule has 5 aliphatic heterocycles. The molecule has 15 nitrogen and oxygen atoms in total. The van der Waals surface area contributed by atoms with Gasteiger partial charge in [-0.15, -0.1) is 30.3 Å². The van der Waals surface area contributed by atoms with Gasteiger partial charge in [-0.05, 0) is 119 Å². The summed E-state index contributed by atoms with van der Waals surface area (Å²) < 4.78 is 38.5. The van der Waals surface area contributed by atoms with Gasteiger partial charge in [0.1, 0.15) is 0 Å². The molecular formula is C91H127B10Ir5N15Si5-5. The molecule has 0 atom stereocenters. The fourth-order valence-corrected chi connectivity index (χ4v) is 25.3.